The van der Waals surface area contributed by atoms with E-state index in [0.717, 1.165) is 31.0 Å². The lowest BCUT2D eigenvalue weighted by Gasteiger charge is -2.22. The Bertz CT molecular complexity index is 1340. The van der Waals surface area contributed by atoms with E-state index in [1.165, 1.54) is 18.2 Å². The molecule has 2 aliphatic carbocycles. The maximum absolute atomic E-state index is 14.8. The molecule has 2 aliphatic rings. The molecule has 1 saturated carbocycles. The fourth-order valence-electron chi connectivity index (χ4n) is 3.55. The van der Waals surface area contributed by atoms with Crippen LogP contribution in [0.3, 0.4) is 0 Å². The zero-order valence-electron chi connectivity index (χ0n) is 19.8. The molecule has 37 heavy (non-hydrogen) atoms. The molecule has 0 aliphatic heterocycles. The summed E-state index contributed by atoms with van der Waals surface area (Å²) < 4.78 is 53.5. The first-order chi connectivity index (χ1) is 17.6. The molecule has 4 rings (SSSR count). The summed E-state index contributed by atoms with van der Waals surface area (Å²) in [5, 5.41) is 7.49. The summed E-state index contributed by atoms with van der Waals surface area (Å²) in [6, 6.07) is 7.37. The lowest BCUT2D eigenvalue weighted by Crippen LogP contribution is -2.25. The van der Waals surface area contributed by atoms with Crippen molar-refractivity contribution in [1.82, 2.24) is 5.32 Å². The number of alkyl halides is 3. The van der Waals surface area contributed by atoms with E-state index < -0.39 is 23.6 Å². The van der Waals surface area contributed by atoms with Gasteiger partial charge in [-0.05, 0) is 67.8 Å². The van der Waals surface area contributed by atoms with E-state index >= 15 is 0 Å². The van der Waals surface area contributed by atoms with Crippen LogP contribution in [0.15, 0.2) is 83.9 Å². The number of hydrogen-bond acceptors (Lipinski definition) is 3. The summed E-state index contributed by atoms with van der Waals surface area (Å²) in [6.45, 7) is 0. The third-order valence-corrected chi connectivity index (χ3v) is 5.75. The molecule has 3 N–H and O–H groups in total. The molecule has 0 heterocycles. The number of hydrogen-bond donors (Lipinski definition) is 3. The van der Waals surface area contributed by atoms with E-state index in [-0.39, 0.29) is 23.2 Å². The number of amides is 3. The smallest absolute Gasteiger partial charge is 0.344 e. The molecule has 0 radical (unpaired) electrons. The molecule has 0 saturated heterocycles. The Morgan fingerprint density at radius 3 is 2.54 bits per heavy atom. The predicted octanol–water partition coefficient (Wildman–Crippen LogP) is 6.33. The summed E-state index contributed by atoms with van der Waals surface area (Å²) in [5.74, 6) is -0.720. The van der Waals surface area contributed by atoms with Gasteiger partial charge in [-0.2, -0.15) is 13.2 Å². The number of halogens is 4. The summed E-state index contributed by atoms with van der Waals surface area (Å²) in [5.41, 5.74) is 3.62. The zero-order valence-corrected chi connectivity index (χ0v) is 19.8. The van der Waals surface area contributed by atoms with Crippen LogP contribution in [0.2, 0.25) is 0 Å². The van der Waals surface area contributed by atoms with Crippen LogP contribution in [0.5, 0.6) is 0 Å². The van der Waals surface area contributed by atoms with Crippen LogP contribution < -0.4 is 20.9 Å². The normalized spacial score (nSPS) is 18.0. The molecule has 0 unspecified atom stereocenters. The second-order valence-electron chi connectivity index (χ2n) is 8.62. The Morgan fingerprint density at radius 2 is 1.84 bits per heavy atom. The Morgan fingerprint density at radius 1 is 1.05 bits per heavy atom. The van der Waals surface area contributed by atoms with Crippen LogP contribution in [0.4, 0.5) is 39.4 Å². The molecular weight excluding hydrogens is 488 g/mol. The molecule has 10 heteroatoms. The highest BCUT2D eigenvalue weighted by Crippen LogP contribution is 2.31. The second kappa shape index (κ2) is 10.8. The molecule has 2 aromatic rings. The Kier molecular flexibility index (Phi) is 7.50. The van der Waals surface area contributed by atoms with Gasteiger partial charge in [-0.25, -0.2) is 9.18 Å². The van der Waals surface area contributed by atoms with Gasteiger partial charge in [0.15, 0.2) is 0 Å². The standard InChI is InChI=1S/C27H24F4N4O2/c1-35(21-9-4-2-3-7-20(15-21)32-25(36)17-10-11-17)22-12-13-24(23(28)16-22)34-26(37)33-19-8-5-6-18(14-19)27(29,30)31/h2,5-9,12-17H,3,10-11H2,1H3,(H,32,36)(H2,33,34,37)/b20-7+,21-15+. The Hall–Kier alpha value is -4.30. The first-order valence-electron chi connectivity index (χ1n) is 11.5. The van der Waals surface area contributed by atoms with Gasteiger partial charge in [0.25, 0.3) is 0 Å². The minimum Gasteiger partial charge on any atom is -0.344 e. The van der Waals surface area contributed by atoms with Crippen LogP contribution in [-0.4, -0.2) is 19.0 Å². The van der Waals surface area contributed by atoms with Crippen LogP contribution in [-0.2, 0) is 11.0 Å². The lowest BCUT2D eigenvalue weighted by atomic mass is 10.2. The third kappa shape index (κ3) is 6.89. The van der Waals surface area contributed by atoms with E-state index in [1.54, 1.807) is 36.2 Å². The maximum atomic E-state index is 14.8. The topological polar surface area (TPSA) is 73.5 Å². The number of allylic oxidation sites excluding steroid dienone is 3. The van der Waals surface area contributed by atoms with E-state index in [9.17, 15) is 27.2 Å². The van der Waals surface area contributed by atoms with Gasteiger partial charge < -0.3 is 20.9 Å². The minimum atomic E-state index is -4.56. The number of nitrogens with zero attached hydrogens (tertiary/aromatic N) is 1. The van der Waals surface area contributed by atoms with E-state index in [0.29, 0.717) is 23.5 Å². The summed E-state index contributed by atoms with van der Waals surface area (Å²) in [6.07, 6.45) is 4.96. The zero-order chi connectivity index (χ0) is 26.6. The number of nitrogens with one attached hydrogen (secondary N) is 3. The number of likely N-dealkylation sites (N-methyl/N-ethyl adjacent to an activating group) is 1. The van der Waals surface area contributed by atoms with Crippen LogP contribution >= 0.6 is 0 Å². The average molecular weight is 513 g/mol. The summed E-state index contributed by atoms with van der Waals surface area (Å²) in [7, 11) is 1.72. The fourth-order valence-corrected chi connectivity index (χ4v) is 3.55. The van der Waals surface area contributed by atoms with Gasteiger partial charge in [-0.1, -0.05) is 12.1 Å². The minimum absolute atomic E-state index is 0.0251. The van der Waals surface area contributed by atoms with Gasteiger partial charge in [-0.15, -0.1) is 5.73 Å². The van der Waals surface area contributed by atoms with E-state index in [4.69, 9.17) is 0 Å². The molecule has 1 fully saturated rings. The van der Waals surface area contributed by atoms with Crippen molar-refractivity contribution in [2.75, 3.05) is 22.6 Å². The first kappa shape index (κ1) is 25.8. The molecule has 0 spiro atoms. The number of benzene rings is 2. The molecule has 0 bridgehead atoms. The van der Waals surface area contributed by atoms with Crippen molar-refractivity contribution in [3.8, 4) is 0 Å². The van der Waals surface area contributed by atoms with Crippen LogP contribution in [0, 0.1) is 11.7 Å². The first-order valence-corrected chi connectivity index (χ1v) is 11.5. The molecule has 6 nitrogen and oxygen atoms in total. The number of urea groups is 1. The van der Waals surface area contributed by atoms with Gasteiger partial charge in [0, 0.05) is 36.1 Å². The largest absolute Gasteiger partial charge is 0.416 e. The van der Waals surface area contributed by atoms with Crippen molar-refractivity contribution in [1.29, 1.82) is 0 Å². The molecule has 3 amide bonds. The number of anilines is 3. The van der Waals surface area contributed by atoms with Gasteiger partial charge in [0.2, 0.25) is 5.91 Å². The molecule has 0 aromatic heterocycles. The average Bonchev–Trinajstić information content (AvgIpc) is 3.67. The van der Waals surface area contributed by atoms with Gasteiger partial charge in [0.05, 0.1) is 16.9 Å². The highest BCUT2D eigenvalue weighted by atomic mass is 19.4. The maximum Gasteiger partial charge on any atom is 0.416 e. The van der Waals surface area contributed by atoms with Crippen molar-refractivity contribution in [3.63, 3.8) is 0 Å². The van der Waals surface area contributed by atoms with Crippen molar-refractivity contribution >= 4 is 29.0 Å². The highest BCUT2D eigenvalue weighted by molar-refractivity contribution is 6.00. The van der Waals surface area contributed by atoms with Crippen LogP contribution in [0.25, 0.3) is 0 Å². The summed E-state index contributed by atoms with van der Waals surface area (Å²) in [4.78, 5) is 26.1. The van der Waals surface area contributed by atoms with Crippen molar-refractivity contribution in [2.24, 2.45) is 5.92 Å². The van der Waals surface area contributed by atoms with E-state index in [1.807, 2.05) is 6.08 Å². The lowest BCUT2D eigenvalue weighted by molar-refractivity contribution is -0.137. The fraction of sp³-hybridized carbons (Fsp3) is 0.222. The monoisotopic (exact) mass is 512 g/mol. The third-order valence-electron chi connectivity index (χ3n) is 5.75. The van der Waals surface area contributed by atoms with Crippen LogP contribution in [0.1, 0.15) is 24.8 Å². The van der Waals surface area contributed by atoms with Crippen molar-refractivity contribution in [2.45, 2.75) is 25.4 Å². The number of carbonyl (C=O) groups is 2. The van der Waals surface area contributed by atoms with Crippen molar-refractivity contribution in [3.05, 3.63) is 95.3 Å². The SMILES string of the molecule is CN(/C1=C/C(NC(=O)C2CC2)=C\CC=C=C1)c1ccc(NC(=O)Nc2cccc(C(F)(F)F)c2)c(F)c1. The molecule has 192 valence electrons. The quantitative estimate of drug-likeness (QED) is 0.313. The number of rotatable bonds is 6. The highest BCUT2D eigenvalue weighted by Gasteiger charge is 2.31. The van der Waals surface area contributed by atoms with E-state index in [2.05, 4.69) is 21.7 Å². The van der Waals surface area contributed by atoms with Gasteiger partial charge in [-0.3, -0.25) is 4.79 Å². The van der Waals surface area contributed by atoms with Gasteiger partial charge in [0.1, 0.15) is 5.82 Å². The summed E-state index contributed by atoms with van der Waals surface area (Å²) >= 11 is 0. The molecule has 0 atom stereocenters. The molecular formula is C27H24F4N4O2. The second-order valence-corrected chi connectivity index (χ2v) is 8.62. The Labute approximate surface area is 211 Å². The number of carbonyl (C=O) groups excluding carboxylic acids is 2. The predicted molar refractivity (Wildman–Crippen MR) is 133 cm³/mol. The Balaban J connectivity index is 1.45. The van der Waals surface area contributed by atoms with Crippen molar-refractivity contribution < 1.29 is 27.2 Å². The van der Waals surface area contributed by atoms with Gasteiger partial charge >= 0.3 is 12.2 Å². The molecule has 2 aromatic carbocycles.